The van der Waals surface area contributed by atoms with Crippen molar-refractivity contribution in [3.8, 4) is 28.0 Å². The van der Waals surface area contributed by atoms with Crippen molar-refractivity contribution in [2.24, 2.45) is 23.9 Å². The number of benzene rings is 1. The Morgan fingerprint density at radius 1 is 1.14 bits per heavy atom. The molecule has 0 aliphatic rings. The summed E-state index contributed by atoms with van der Waals surface area (Å²) in [7, 11) is 1.97. The zero-order valence-corrected chi connectivity index (χ0v) is 17.8. The van der Waals surface area contributed by atoms with E-state index in [2.05, 4.69) is 38.2 Å². The topological polar surface area (TPSA) is 83.8 Å². The number of oxime groups is 1. The summed E-state index contributed by atoms with van der Waals surface area (Å²) < 4.78 is 2.04. The summed E-state index contributed by atoms with van der Waals surface area (Å²) in [5.74, 6) is 0.755. The van der Waals surface area contributed by atoms with Crippen molar-refractivity contribution in [2.45, 2.75) is 34.1 Å². The number of amidine groups is 1. The maximum absolute atomic E-state index is 9.77. The third-order valence-electron chi connectivity index (χ3n) is 5.03. The Morgan fingerprint density at radius 2 is 1.79 bits per heavy atom. The molecule has 2 heterocycles. The summed E-state index contributed by atoms with van der Waals surface area (Å²) in [6.07, 6.45) is 0.848. The molecule has 3 rings (SSSR count). The van der Waals surface area contributed by atoms with Crippen LogP contribution in [0.25, 0.3) is 22.3 Å². The molecule has 0 aliphatic carbocycles. The molecule has 0 unspecified atom stereocenters. The van der Waals surface area contributed by atoms with Gasteiger partial charge < -0.3 is 20.6 Å². The molecule has 3 aromatic rings. The first-order valence-electron chi connectivity index (χ1n) is 9.30. The summed E-state index contributed by atoms with van der Waals surface area (Å²) in [5.41, 5.74) is 13.3. The van der Waals surface area contributed by atoms with Crippen LogP contribution < -0.4 is 5.73 Å². The highest BCUT2D eigenvalue weighted by atomic mass is 32.1. The Bertz CT molecular complexity index is 1010. The average molecular weight is 398 g/mol. The minimum atomic E-state index is 0.0949. The number of nitrogens with two attached hydrogens (primary N) is 1. The van der Waals surface area contributed by atoms with Crippen LogP contribution >= 0.6 is 11.3 Å². The highest BCUT2D eigenvalue weighted by Crippen LogP contribution is 2.44. The summed E-state index contributed by atoms with van der Waals surface area (Å²) >= 11 is 1.70. The van der Waals surface area contributed by atoms with Crippen LogP contribution in [0.15, 0.2) is 34.8 Å². The van der Waals surface area contributed by atoms with Crippen LogP contribution in [-0.4, -0.2) is 20.7 Å². The van der Waals surface area contributed by atoms with Crippen molar-refractivity contribution in [1.82, 2.24) is 4.57 Å². The number of hydrogen-bond acceptors (Lipinski definition) is 4. The van der Waals surface area contributed by atoms with Gasteiger partial charge in [0.05, 0.1) is 5.69 Å². The normalized spacial score (nSPS) is 12.1. The Balaban J connectivity index is 2.48. The summed E-state index contributed by atoms with van der Waals surface area (Å²) in [4.78, 5) is 1.19. The van der Waals surface area contributed by atoms with E-state index in [4.69, 9.17) is 5.73 Å². The van der Waals surface area contributed by atoms with E-state index in [-0.39, 0.29) is 11.6 Å². The largest absolute Gasteiger partial charge is 0.508 e. The van der Waals surface area contributed by atoms with Crippen LogP contribution in [0.3, 0.4) is 0 Å². The van der Waals surface area contributed by atoms with Crippen LogP contribution in [0, 0.1) is 19.8 Å². The van der Waals surface area contributed by atoms with Gasteiger partial charge in [-0.1, -0.05) is 31.1 Å². The number of phenolic OH excluding ortho intramolecular Hbond substituents is 1. The van der Waals surface area contributed by atoms with Gasteiger partial charge >= 0.3 is 0 Å². The van der Waals surface area contributed by atoms with Gasteiger partial charge in [0.15, 0.2) is 5.84 Å². The second kappa shape index (κ2) is 7.72. The molecule has 5 nitrogen and oxygen atoms in total. The van der Waals surface area contributed by atoms with E-state index in [9.17, 15) is 10.3 Å². The second-order valence-corrected chi connectivity index (χ2v) is 8.67. The first-order chi connectivity index (χ1) is 13.3. The average Bonchev–Trinajstić information content (AvgIpc) is 3.11. The molecule has 1 aromatic carbocycles. The van der Waals surface area contributed by atoms with Crippen LogP contribution in [0.5, 0.6) is 5.75 Å². The van der Waals surface area contributed by atoms with E-state index in [1.54, 1.807) is 23.5 Å². The molecule has 28 heavy (non-hydrogen) atoms. The number of aromatic nitrogens is 1. The maximum Gasteiger partial charge on any atom is 0.187 e. The van der Waals surface area contributed by atoms with Crippen molar-refractivity contribution in [3.63, 3.8) is 0 Å². The molecule has 148 valence electrons. The molecular weight excluding hydrogens is 370 g/mol. The molecule has 0 spiro atoms. The van der Waals surface area contributed by atoms with Gasteiger partial charge in [-0.25, -0.2) is 0 Å². The lowest BCUT2D eigenvalue weighted by Crippen LogP contribution is -2.19. The maximum atomic E-state index is 9.77. The van der Waals surface area contributed by atoms with Gasteiger partial charge in [0.25, 0.3) is 0 Å². The number of rotatable bonds is 5. The predicted octanol–water partition coefficient (Wildman–Crippen LogP) is 5.04. The molecular formula is C22H27N3O2S. The van der Waals surface area contributed by atoms with Gasteiger partial charge in [-0.2, -0.15) is 0 Å². The summed E-state index contributed by atoms with van der Waals surface area (Å²) in [5, 5.41) is 24.7. The number of thiophene rings is 1. The minimum absolute atomic E-state index is 0.0949. The van der Waals surface area contributed by atoms with Crippen molar-refractivity contribution in [3.05, 3.63) is 51.5 Å². The quantitative estimate of drug-likeness (QED) is 0.244. The third kappa shape index (κ3) is 3.40. The number of hydrogen-bond donors (Lipinski definition) is 3. The predicted molar refractivity (Wildman–Crippen MR) is 116 cm³/mol. The van der Waals surface area contributed by atoms with Crippen molar-refractivity contribution >= 4 is 17.2 Å². The van der Waals surface area contributed by atoms with E-state index in [0.717, 1.165) is 39.9 Å². The van der Waals surface area contributed by atoms with Gasteiger partial charge in [0.2, 0.25) is 0 Å². The lowest BCUT2D eigenvalue weighted by molar-refractivity contribution is 0.318. The van der Waals surface area contributed by atoms with Crippen molar-refractivity contribution in [2.75, 3.05) is 0 Å². The molecule has 0 bridgehead atoms. The molecule has 6 heteroatoms. The summed E-state index contributed by atoms with van der Waals surface area (Å²) in [6, 6.07) is 7.24. The highest BCUT2D eigenvalue weighted by molar-refractivity contribution is 7.10. The Labute approximate surface area is 169 Å². The molecule has 0 fully saturated rings. The molecule has 0 radical (unpaired) electrons. The molecule has 2 aromatic heterocycles. The monoisotopic (exact) mass is 397 g/mol. The lowest BCUT2D eigenvalue weighted by Gasteiger charge is -2.12. The molecule has 0 saturated heterocycles. The molecule has 0 atom stereocenters. The second-order valence-electron chi connectivity index (χ2n) is 7.58. The Morgan fingerprint density at radius 3 is 2.29 bits per heavy atom. The molecule has 4 N–H and O–H groups in total. The van der Waals surface area contributed by atoms with Gasteiger partial charge in [-0.05, 0) is 54.8 Å². The van der Waals surface area contributed by atoms with Gasteiger partial charge in [0.1, 0.15) is 5.75 Å². The molecule has 0 aliphatic heterocycles. The number of aromatic hydroxyl groups is 1. The molecule has 0 saturated carbocycles. The Hall–Kier alpha value is -2.73. The highest BCUT2D eigenvalue weighted by Gasteiger charge is 2.28. The first kappa shape index (κ1) is 20.0. The van der Waals surface area contributed by atoms with Crippen LogP contribution in [-0.2, 0) is 13.5 Å². The van der Waals surface area contributed by atoms with E-state index in [1.807, 2.05) is 23.7 Å². The van der Waals surface area contributed by atoms with Crippen molar-refractivity contribution < 1.29 is 10.3 Å². The van der Waals surface area contributed by atoms with Gasteiger partial charge in [0, 0.05) is 34.3 Å². The fraction of sp³-hybridized carbons (Fsp3) is 0.318. The zero-order valence-electron chi connectivity index (χ0n) is 16.9. The van der Waals surface area contributed by atoms with Crippen LogP contribution in [0.1, 0.15) is 35.7 Å². The number of nitrogens with zero attached hydrogens (tertiary/aromatic N) is 2. The number of phenols is 1. The van der Waals surface area contributed by atoms with Gasteiger partial charge in [-0.3, -0.25) is 0 Å². The standard InChI is InChI=1S/C22H27N3O2S/c1-12(2)10-17-19(15-6-8-16(26)9-7-15)20(18-13(3)11-28-14(18)4)21(25(17)5)22(23)24-27/h6-9,11-12,26-27H,10H2,1-5H3,(H2,23,24). The fourth-order valence-electron chi connectivity index (χ4n) is 3.83. The SMILES string of the molecule is Cc1csc(C)c1-c1c(-c2ccc(O)cc2)c(CC(C)C)n(C)c1/C(N)=N/O. The van der Waals surface area contributed by atoms with Crippen LogP contribution in [0.4, 0.5) is 0 Å². The fourth-order valence-corrected chi connectivity index (χ4v) is 4.69. The summed E-state index contributed by atoms with van der Waals surface area (Å²) in [6.45, 7) is 8.54. The molecule has 0 amide bonds. The number of aryl methyl sites for hydroxylation is 2. The van der Waals surface area contributed by atoms with E-state index >= 15 is 0 Å². The lowest BCUT2D eigenvalue weighted by atomic mass is 9.91. The van der Waals surface area contributed by atoms with E-state index in [0.29, 0.717) is 11.6 Å². The van der Waals surface area contributed by atoms with E-state index in [1.165, 1.54) is 4.88 Å². The third-order valence-corrected chi connectivity index (χ3v) is 6.06. The minimum Gasteiger partial charge on any atom is -0.508 e. The smallest absolute Gasteiger partial charge is 0.187 e. The van der Waals surface area contributed by atoms with E-state index < -0.39 is 0 Å². The van der Waals surface area contributed by atoms with Crippen LogP contribution in [0.2, 0.25) is 0 Å². The zero-order chi connectivity index (χ0) is 20.6. The first-order valence-corrected chi connectivity index (χ1v) is 10.2. The van der Waals surface area contributed by atoms with Gasteiger partial charge in [-0.15, -0.1) is 11.3 Å². The van der Waals surface area contributed by atoms with Crippen molar-refractivity contribution in [1.29, 1.82) is 0 Å². The Kier molecular flexibility index (Phi) is 5.52.